The summed E-state index contributed by atoms with van der Waals surface area (Å²) < 4.78 is 0. The number of aromatic nitrogens is 2. The van der Waals surface area contributed by atoms with Crippen molar-refractivity contribution in [3.63, 3.8) is 0 Å². The van der Waals surface area contributed by atoms with E-state index in [0.717, 1.165) is 10.7 Å². The first-order chi connectivity index (χ1) is 9.38. The second-order valence-electron chi connectivity index (χ2n) is 5.34. The van der Waals surface area contributed by atoms with Crippen LogP contribution in [0.4, 0.5) is 0 Å². The number of nitrogens with two attached hydrogens (primary N) is 1. The molecule has 0 aliphatic heterocycles. The number of thioether (sulfide) groups is 1. The van der Waals surface area contributed by atoms with Crippen LogP contribution in [-0.2, 0) is 11.3 Å². The first kappa shape index (κ1) is 16.9. The summed E-state index contributed by atoms with van der Waals surface area (Å²) in [6.45, 7) is 8.33. The van der Waals surface area contributed by atoms with Crippen molar-refractivity contribution in [1.82, 2.24) is 14.9 Å². The van der Waals surface area contributed by atoms with Gasteiger partial charge >= 0.3 is 0 Å². The molecule has 2 N–H and O–H groups in total. The third kappa shape index (κ3) is 4.18. The van der Waals surface area contributed by atoms with E-state index in [1.54, 1.807) is 17.3 Å². The van der Waals surface area contributed by atoms with Crippen LogP contribution in [0.2, 0.25) is 0 Å². The fourth-order valence-corrected chi connectivity index (χ4v) is 2.31. The Balaban J connectivity index is 2.96. The Morgan fingerprint density at radius 3 is 2.40 bits per heavy atom. The van der Waals surface area contributed by atoms with Crippen molar-refractivity contribution in [1.29, 1.82) is 0 Å². The molecule has 112 valence electrons. The van der Waals surface area contributed by atoms with Crippen LogP contribution in [-0.4, -0.2) is 39.1 Å². The van der Waals surface area contributed by atoms with Gasteiger partial charge in [-0.15, -0.1) is 11.8 Å². The fourth-order valence-electron chi connectivity index (χ4n) is 1.79. The Labute approximate surface area is 125 Å². The minimum Gasteiger partial charge on any atom is -0.333 e. The number of carbonyl (C=O) groups is 1. The number of hydrogen-bond acceptors (Lipinski definition) is 5. The molecule has 0 saturated carbocycles. The molecule has 0 fully saturated rings. The molecule has 1 heterocycles. The molecule has 0 spiro atoms. The number of nitrogens with zero attached hydrogens (tertiary/aromatic N) is 3. The highest BCUT2D eigenvalue weighted by Crippen LogP contribution is 2.18. The smallest absolute Gasteiger partial charge is 0.240 e. The normalized spacial score (nSPS) is 12.8. The lowest BCUT2D eigenvalue weighted by Crippen LogP contribution is -2.48. The molecule has 20 heavy (non-hydrogen) atoms. The zero-order chi connectivity index (χ0) is 15.3. The molecule has 5 nitrogen and oxygen atoms in total. The van der Waals surface area contributed by atoms with Crippen LogP contribution in [0.15, 0.2) is 17.4 Å². The standard InChI is InChI=1S/C14H24N4OS/c1-9(2)12(15)14(19)18(10(3)4)8-11-13(20-5)17-7-6-16-11/h6-7,9-10,12H,8,15H2,1-5H3/t12-/m0/s1. The van der Waals surface area contributed by atoms with E-state index in [9.17, 15) is 4.79 Å². The SMILES string of the molecule is CSc1nccnc1CN(C(=O)[C@@H](N)C(C)C)C(C)C. The Morgan fingerprint density at radius 2 is 1.90 bits per heavy atom. The molecule has 1 rings (SSSR count). The molecule has 0 aliphatic rings. The second-order valence-corrected chi connectivity index (χ2v) is 6.14. The molecular weight excluding hydrogens is 272 g/mol. The second kappa shape index (κ2) is 7.59. The minimum atomic E-state index is -0.480. The van der Waals surface area contributed by atoms with Crippen molar-refractivity contribution in [2.24, 2.45) is 11.7 Å². The molecule has 0 radical (unpaired) electrons. The van der Waals surface area contributed by atoms with Gasteiger partial charge in [0.05, 0.1) is 18.3 Å². The lowest BCUT2D eigenvalue weighted by atomic mass is 10.0. The van der Waals surface area contributed by atoms with Crippen molar-refractivity contribution in [2.75, 3.05) is 6.26 Å². The van der Waals surface area contributed by atoms with Gasteiger partial charge in [0.25, 0.3) is 0 Å². The van der Waals surface area contributed by atoms with E-state index < -0.39 is 6.04 Å². The highest BCUT2D eigenvalue weighted by Gasteiger charge is 2.26. The topological polar surface area (TPSA) is 72.1 Å². The van der Waals surface area contributed by atoms with Crippen molar-refractivity contribution in [3.05, 3.63) is 18.1 Å². The van der Waals surface area contributed by atoms with Gasteiger partial charge < -0.3 is 10.6 Å². The van der Waals surface area contributed by atoms with Crippen LogP contribution in [0.5, 0.6) is 0 Å². The van der Waals surface area contributed by atoms with Gasteiger partial charge in [-0.25, -0.2) is 4.98 Å². The lowest BCUT2D eigenvalue weighted by Gasteiger charge is -2.30. The van der Waals surface area contributed by atoms with Crippen LogP contribution >= 0.6 is 11.8 Å². The van der Waals surface area contributed by atoms with E-state index >= 15 is 0 Å². The van der Waals surface area contributed by atoms with Crippen molar-refractivity contribution >= 4 is 17.7 Å². The zero-order valence-electron chi connectivity index (χ0n) is 12.8. The van der Waals surface area contributed by atoms with E-state index in [0.29, 0.717) is 6.54 Å². The van der Waals surface area contributed by atoms with Gasteiger partial charge in [0.2, 0.25) is 5.91 Å². The molecule has 0 unspecified atom stereocenters. The summed E-state index contributed by atoms with van der Waals surface area (Å²) in [6, 6.07) is -0.407. The Bertz CT molecular complexity index is 451. The quantitative estimate of drug-likeness (QED) is 0.812. The Kier molecular flexibility index (Phi) is 6.42. The summed E-state index contributed by atoms with van der Waals surface area (Å²) >= 11 is 1.53. The van der Waals surface area contributed by atoms with Crippen molar-refractivity contribution in [3.8, 4) is 0 Å². The molecule has 0 aromatic carbocycles. The van der Waals surface area contributed by atoms with E-state index in [1.165, 1.54) is 11.8 Å². The number of rotatable bonds is 6. The largest absolute Gasteiger partial charge is 0.333 e. The molecular formula is C14H24N4OS. The predicted molar refractivity (Wildman–Crippen MR) is 82.3 cm³/mol. The number of amides is 1. The number of hydrogen-bond donors (Lipinski definition) is 1. The van der Waals surface area contributed by atoms with E-state index in [2.05, 4.69) is 9.97 Å². The summed E-state index contributed by atoms with van der Waals surface area (Å²) in [4.78, 5) is 22.9. The molecule has 0 bridgehead atoms. The third-order valence-electron chi connectivity index (χ3n) is 3.16. The van der Waals surface area contributed by atoms with Crippen molar-refractivity contribution in [2.45, 2.75) is 51.3 Å². The van der Waals surface area contributed by atoms with Crippen LogP contribution in [0.3, 0.4) is 0 Å². The molecule has 1 aromatic rings. The Hall–Kier alpha value is -1.14. The van der Waals surface area contributed by atoms with Gasteiger partial charge in [-0.05, 0) is 26.0 Å². The molecule has 0 saturated heterocycles. The zero-order valence-corrected chi connectivity index (χ0v) is 13.6. The third-order valence-corrected chi connectivity index (χ3v) is 3.89. The predicted octanol–water partition coefficient (Wildman–Crippen LogP) is 1.92. The summed E-state index contributed by atoms with van der Waals surface area (Å²) in [7, 11) is 0. The van der Waals surface area contributed by atoms with E-state index in [1.807, 2.05) is 34.0 Å². The maximum absolute atomic E-state index is 12.5. The van der Waals surface area contributed by atoms with Crippen molar-refractivity contribution < 1.29 is 4.79 Å². The highest BCUT2D eigenvalue weighted by atomic mass is 32.2. The monoisotopic (exact) mass is 296 g/mol. The van der Waals surface area contributed by atoms with Crippen LogP contribution in [0.25, 0.3) is 0 Å². The summed E-state index contributed by atoms with van der Waals surface area (Å²) in [6.07, 6.45) is 5.27. The van der Waals surface area contributed by atoms with E-state index in [-0.39, 0.29) is 17.9 Å². The van der Waals surface area contributed by atoms with Crippen LogP contribution < -0.4 is 5.73 Å². The molecule has 0 aliphatic carbocycles. The van der Waals surface area contributed by atoms with Crippen LogP contribution in [0, 0.1) is 5.92 Å². The first-order valence-electron chi connectivity index (χ1n) is 6.78. The van der Waals surface area contributed by atoms with Gasteiger partial charge in [-0.1, -0.05) is 13.8 Å². The molecule has 1 atom stereocenters. The number of carbonyl (C=O) groups excluding carboxylic acids is 1. The maximum Gasteiger partial charge on any atom is 0.240 e. The molecule has 1 amide bonds. The fraction of sp³-hybridized carbons (Fsp3) is 0.643. The lowest BCUT2D eigenvalue weighted by molar-refractivity contribution is -0.136. The highest BCUT2D eigenvalue weighted by molar-refractivity contribution is 7.98. The summed E-state index contributed by atoms with van der Waals surface area (Å²) in [5.41, 5.74) is 6.81. The van der Waals surface area contributed by atoms with Gasteiger partial charge in [0, 0.05) is 18.4 Å². The summed E-state index contributed by atoms with van der Waals surface area (Å²) in [5, 5.41) is 0.851. The van der Waals surface area contributed by atoms with Gasteiger partial charge in [0.1, 0.15) is 5.03 Å². The molecule has 6 heteroatoms. The minimum absolute atomic E-state index is 0.0345. The first-order valence-corrected chi connectivity index (χ1v) is 8.00. The van der Waals surface area contributed by atoms with Gasteiger partial charge in [0.15, 0.2) is 0 Å². The average Bonchev–Trinajstić information content (AvgIpc) is 2.43. The van der Waals surface area contributed by atoms with Gasteiger partial charge in [-0.2, -0.15) is 0 Å². The molecule has 1 aromatic heterocycles. The Morgan fingerprint density at radius 1 is 1.30 bits per heavy atom. The van der Waals surface area contributed by atoms with Gasteiger partial charge in [-0.3, -0.25) is 9.78 Å². The summed E-state index contributed by atoms with van der Waals surface area (Å²) in [5.74, 6) is 0.0818. The van der Waals surface area contributed by atoms with E-state index in [4.69, 9.17) is 5.73 Å². The van der Waals surface area contributed by atoms with Crippen LogP contribution in [0.1, 0.15) is 33.4 Å². The average molecular weight is 296 g/mol. The maximum atomic E-state index is 12.5.